The smallest absolute Gasteiger partial charge is 0.144 e. The van der Waals surface area contributed by atoms with Crippen molar-refractivity contribution < 1.29 is 14.6 Å². The van der Waals surface area contributed by atoms with Gasteiger partial charge in [0.15, 0.2) is 0 Å². The van der Waals surface area contributed by atoms with Gasteiger partial charge in [-0.15, -0.1) is 0 Å². The number of methoxy groups -OCH3 is 1. The number of fused-ring (bicyclic) bond motifs is 4. The third kappa shape index (κ3) is 5.16. The van der Waals surface area contributed by atoms with Gasteiger partial charge in [0, 0.05) is 30.8 Å². The van der Waals surface area contributed by atoms with E-state index in [0.717, 1.165) is 0 Å². The molecule has 4 aliphatic rings. The Labute approximate surface area is 332 Å². The van der Waals surface area contributed by atoms with Crippen LogP contribution in [0.25, 0.3) is 54.9 Å². The van der Waals surface area contributed by atoms with E-state index in [1.54, 1.807) is 0 Å². The van der Waals surface area contributed by atoms with Crippen molar-refractivity contribution in [3.63, 3.8) is 0 Å². The number of benzene rings is 8. The highest BCUT2D eigenvalue weighted by atomic mass is 16.6. The highest BCUT2D eigenvalue weighted by Gasteiger charge is 2.60. The molecule has 2 bridgehead atoms. The van der Waals surface area contributed by atoms with Crippen molar-refractivity contribution in [2.24, 2.45) is 11.8 Å². The van der Waals surface area contributed by atoms with Gasteiger partial charge in [-0.05, 0) is 87.6 Å². The molecule has 3 heteroatoms. The van der Waals surface area contributed by atoms with Gasteiger partial charge in [-0.25, -0.2) is 0 Å². The molecule has 12 rings (SSSR count). The van der Waals surface area contributed by atoms with Gasteiger partial charge < -0.3 is 14.6 Å². The van der Waals surface area contributed by atoms with E-state index in [2.05, 4.69) is 182 Å². The summed E-state index contributed by atoms with van der Waals surface area (Å²) < 4.78 is 13.1. The fourth-order valence-electron chi connectivity index (χ4n) is 11.2. The number of aliphatic hydroxyl groups excluding tert-OH is 1. The highest BCUT2D eigenvalue weighted by Crippen LogP contribution is 2.64. The molecular formula is C54H42O3. The van der Waals surface area contributed by atoms with E-state index >= 15 is 0 Å². The first-order chi connectivity index (χ1) is 28.3. The lowest BCUT2D eigenvalue weighted by Crippen LogP contribution is -2.60. The minimum absolute atomic E-state index is 0.00327. The van der Waals surface area contributed by atoms with Crippen LogP contribution in [0.15, 0.2) is 182 Å². The summed E-state index contributed by atoms with van der Waals surface area (Å²) in [6.45, 7) is -0.371. The number of hydrogen-bond acceptors (Lipinski definition) is 3. The Bertz CT molecular complexity index is 2950. The van der Waals surface area contributed by atoms with Gasteiger partial charge in [-0.2, -0.15) is 0 Å². The third-order valence-electron chi connectivity index (χ3n) is 13.2. The molecule has 1 N–H and O–H groups in total. The van der Waals surface area contributed by atoms with Crippen LogP contribution in [-0.2, 0) is 9.47 Å². The monoisotopic (exact) mass is 738 g/mol. The van der Waals surface area contributed by atoms with Crippen molar-refractivity contribution >= 4 is 32.7 Å². The molecule has 6 unspecified atom stereocenters. The zero-order valence-electron chi connectivity index (χ0n) is 31.8. The van der Waals surface area contributed by atoms with Crippen molar-refractivity contribution in [2.75, 3.05) is 13.9 Å². The van der Waals surface area contributed by atoms with Gasteiger partial charge in [-0.1, -0.05) is 182 Å². The molecule has 6 atom stereocenters. The van der Waals surface area contributed by atoms with Crippen LogP contribution in [0.5, 0.6) is 0 Å². The lowest BCUT2D eigenvalue weighted by molar-refractivity contribution is -0.156. The van der Waals surface area contributed by atoms with Crippen LogP contribution in [0.3, 0.4) is 0 Å². The van der Waals surface area contributed by atoms with Gasteiger partial charge in [0.05, 0.1) is 12.2 Å². The molecule has 8 aromatic rings. The topological polar surface area (TPSA) is 38.7 Å². The summed E-state index contributed by atoms with van der Waals surface area (Å²) in [5, 5.41) is 18.0. The predicted octanol–water partition coefficient (Wildman–Crippen LogP) is 10.2. The zero-order chi connectivity index (χ0) is 38.0. The van der Waals surface area contributed by atoms with Crippen molar-refractivity contribution in [1.29, 1.82) is 0 Å². The molecule has 8 aromatic carbocycles. The van der Waals surface area contributed by atoms with E-state index < -0.39 is 0 Å². The normalized spacial score (nSPS) is 22.0. The maximum atomic E-state index is 10.6. The predicted molar refractivity (Wildman–Crippen MR) is 231 cm³/mol. The van der Waals surface area contributed by atoms with Crippen LogP contribution in [0.1, 0.15) is 34.1 Å². The van der Waals surface area contributed by atoms with E-state index in [4.69, 9.17) is 9.47 Å². The molecule has 57 heavy (non-hydrogen) atoms. The van der Waals surface area contributed by atoms with Gasteiger partial charge in [0.2, 0.25) is 0 Å². The first-order valence-corrected chi connectivity index (χ1v) is 20.1. The van der Waals surface area contributed by atoms with Gasteiger partial charge in [0.1, 0.15) is 6.79 Å². The molecule has 0 saturated heterocycles. The lowest BCUT2D eigenvalue weighted by atomic mass is 9.48. The molecule has 4 aliphatic carbocycles. The number of hydrogen-bond donors (Lipinski definition) is 1. The number of aliphatic hydroxyl groups is 1. The summed E-state index contributed by atoms with van der Waals surface area (Å²) >= 11 is 0. The van der Waals surface area contributed by atoms with Crippen LogP contribution < -0.4 is 10.4 Å². The molecular weight excluding hydrogens is 697 g/mol. The molecule has 276 valence electrons. The maximum Gasteiger partial charge on any atom is 0.144 e. The molecule has 1 fully saturated rings. The highest BCUT2D eigenvalue weighted by molar-refractivity contribution is 6.05. The molecule has 0 amide bonds. The summed E-state index contributed by atoms with van der Waals surface area (Å²) in [7, 11) is 1.82. The largest absolute Gasteiger partial charge is 0.378 e. The maximum absolute atomic E-state index is 10.6. The average Bonchev–Trinajstić information content (AvgIpc) is 3.28. The molecule has 0 spiro atoms. The summed E-state index contributed by atoms with van der Waals surface area (Å²) in [6.07, 6.45) is -0.626. The zero-order valence-corrected chi connectivity index (χ0v) is 31.8. The standard InChI is InChI=1S/C54H42O3/c1-56-53-49-41-26-14-15-27-42(41)50(54(53)57-32-55)52-48(44-31-29-34-17-9-11-23-38(34)46(44)36-20-6-3-7-21-36)40-25-13-12-24-39(40)47(51(49)52)43-30-28-33-16-8-10-22-37(33)45(43)35-18-4-2-5-19-35/h2-31,49-55H,32H2,1H3. The SMILES string of the molecule is COC1C(OCO)C2c3ccccc3C1C1C(c3ccc4ccccc4c3-c3ccccc3)=c3ccccc3=C(c3ccc4ccccc4c3-c3ccccc3)C12. The second kappa shape index (κ2) is 13.8. The summed E-state index contributed by atoms with van der Waals surface area (Å²) in [5.74, 6) is -0.123. The third-order valence-corrected chi connectivity index (χ3v) is 13.2. The Morgan fingerprint density at radius 2 is 0.842 bits per heavy atom. The van der Waals surface area contributed by atoms with E-state index in [1.807, 2.05) is 7.11 Å². The first kappa shape index (κ1) is 34.2. The summed E-state index contributed by atoms with van der Waals surface area (Å²) in [4.78, 5) is 0. The van der Waals surface area contributed by atoms with Crippen LogP contribution in [-0.4, -0.2) is 31.2 Å². The molecule has 3 nitrogen and oxygen atoms in total. The Morgan fingerprint density at radius 3 is 1.32 bits per heavy atom. The van der Waals surface area contributed by atoms with Crippen LogP contribution in [0.2, 0.25) is 0 Å². The van der Waals surface area contributed by atoms with E-state index in [-0.39, 0.29) is 42.7 Å². The average molecular weight is 739 g/mol. The molecule has 1 saturated carbocycles. The van der Waals surface area contributed by atoms with E-state index in [9.17, 15) is 5.11 Å². The minimum atomic E-state index is -0.371. The van der Waals surface area contributed by atoms with Crippen molar-refractivity contribution in [3.8, 4) is 22.3 Å². The second-order valence-corrected chi connectivity index (χ2v) is 15.7. The Balaban J connectivity index is 1.34. The summed E-state index contributed by atoms with van der Waals surface area (Å²) in [5.41, 5.74) is 12.7. The lowest BCUT2D eigenvalue weighted by Gasteiger charge is -2.58. The molecule has 0 heterocycles. The van der Waals surface area contributed by atoms with Crippen LogP contribution >= 0.6 is 0 Å². The van der Waals surface area contributed by atoms with Crippen LogP contribution in [0, 0.1) is 11.8 Å². The van der Waals surface area contributed by atoms with Crippen molar-refractivity contribution in [1.82, 2.24) is 0 Å². The van der Waals surface area contributed by atoms with Crippen molar-refractivity contribution in [2.45, 2.75) is 24.0 Å². The number of ether oxygens (including phenoxy) is 2. The fourth-order valence-corrected chi connectivity index (χ4v) is 11.2. The summed E-state index contributed by atoms with van der Waals surface area (Å²) in [6, 6.07) is 66.8. The van der Waals surface area contributed by atoms with Gasteiger partial charge in [0.25, 0.3) is 0 Å². The molecule has 0 aromatic heterocycles. The Morgan fingerprint density at radius 1 is 0.421 bits per heavy atom. The second-order valence-electron chi connectivity index (χ2n) is 15.7. The van der Waals surface area contributed by atoms with Gasteiger partial charge in [-0.3, -0.25) is 0 Å². The minimum Gasteiger partial charge on any atom is -0.378 e. The Kier molecular flexibility index (Phi) is 8.29. The first-order valence-electron chi connectivity index (χ1n) is 20.1. The molecule has 0 radical (unpaired) electrons. The molecule has 0 aliphatic heterocycles. The van der Waals surface area contributed by atoms with Crippen molar-refractivity contribution in [3.05, 3.63) is 215 Å². The van der Waals surface area contributed by atoms with E-state index in [0.29, 0.717) is 0 Å². The van der Waals surface area contributed by atoms with Crippen LogP contribution in [0.4, 0.5) is 0 Å². The van der Waals surface area contributed by atoms with E-state index in [1.165, 1.54) is 87.6 Å². The number of rotatable bonds is 7. The fraction of sp³-hybridized carbons (Fsp3) is 0.148. The Hall–Kier alpha value is -6.10. The van der Waals surface area contributed by atoms with Gasteiger partial charge >= 0.3 is 0 Å². The quantitative estimate of drug-likeness (QED) is 0.166.